The number of nitrogens with one attached hydrogen (secondary N) is 2. The number of ether oxygens (including phenoxy) is 1. The topological polar surface area (TPSA) is 80.6 Å². The van der Waals surface area contributed by atoms with E-state index in [1.807, 2.05) is 0 Å². The maximum absolute atomic E-state index is 11.9. The molecule has 0 saturated carbocycles. The van der Waals surface area contributed by atoms with Gasteiger partial charge in [-0.05, 0) is 30.3 Å². The van der Waals surface area contributed by atoms with Crippen molar-refractivity contribution in [3.8, 4) is 5.75 Å². The van der Waals surface area contributed by atoms with Crippen LogP contribution in [0.3, 0.4) is 0 Å². The van der Waals surface area contributed by atoms with Gasteiger partial charge >= 0.3 is 0 Å². The Hall–Kier alpha value is -2.76. The predicted molar refractivity (Wildman–Crippen MR) is 73.0 cm³/mol. The Labute approximate surface area is 115 Å². The van der Waals surface area contributed by atoms with Crippen molar-refractivity contribution in [1.29, 1.82) is 0 Å². The van der Waals surface area contributed by atoms with E-state index in [4.69, 9.17) is 9.15 Å². The molecule has 0 aliphatic heterocycles. The molecule has 0 atom stereocenters. The maximum Gasteiger partial charge on any atom is 0.291 e. The summed E-state index contributed by atoms with van der Waals surface area (Å²) in [5.41, 5.74) is 0.818. The first-order valence-corrected chi connectivity index (χ1v) is 5.90. The van der Waals surface area contributed by atoms with Crippen LogP contribution in [0.1, 0.15) is 20.9 Å². The van der Waals surface area contributed by atoms with E-state index in [1.165, 1.54) is 20.4 Å². The van der Waals surface area contributed by atoms with Gasteiger partial charge in [-0.3, -0.25) is 9.59 Å². The molecule has 2 amide bonds. The summed E-state index contributed by atoms with van der Waals surface area (Å²) in [5.74, 6) is -0.0292. The molecule has 0 aliphatic rings. The van der Waals surface area contributed by atoms with Gasteiger partial charge in [0, 0.05) is 12.6 Å². The fourth-order valence-corrected chi connectivity index (χ4v) is 1.68. The number of furan rings is 1. The fraction of sp³-hybridized carbons (Fsp3) is 0.143. The van der Waals surface area contributed by atoms with Crippen LogP contribution in [0.25, 0.3) is 0 Å². The molecule has 2 aromatic rings. The Morgan fingerprint density at radius 3 is 2.60 bits per heavy atom. The van der Waals surface area contributed by atoms with Gasteiger partial charge in [0.2, 0.25) is 0 Å². The second-order valence-corrected chi connectivity index (χ2v) is 3.93. The highest BCUT2D eigenvalue weighted by Crippen LogP contribution is 2.26. The fourth-order valence-electron chi connectivity index (χ4n) is 1.68. The van der Waals surface area contributed by atoms with Crippen LogP contribution in [-0.4, -0.2) is 26.0 Å². The van der Waals surface area contributed by atoms with Crippen molar-refractivity contribution in [2.45, 2.75) is 0 Å². The highest BCUT2D eigenvalue weighted by molar-refractivity contribution is 6.04. The Morgan fingerprint density at radius 2 is 2.00 bits per heavy atom. The lowest BCUT2D eigenvalue weighted by molar-refractivity contribution is 0.0960. The molecule has 0 radical (unpaired) electrons. The Balaban J connectivity index is 2.29. The number of carbonyl (C=O) groups excluding carboxylic acids is 2. The lowest BCUT2D eigenvalue weighted by Crippen LogP contribution is -2.18. The lowest BCUT2D eigenvalue weighted by atomic mass is 10.1. The zero-order valence-electron chi connectivity index (χ0n) is 11.1. The van der Waals surface area contributed by atoms with Gasteiger partial charge in [-0.15, -0.1) is 0 Å². The number of hydrogen-bond acceptors (Lipinski definition) is 4. The molecule has 6 nitrogen and oxygen atoms in total. The number of anilines is 1. The van der Waals surface area contributed by atoms with Crippen molar-refractivity contribution >= 4 is 17.5 Å². The van der Waals surface area contributed by atoms with E-state index in [1.54, 1.807) is 30.3 Å². The largest absolute Gasteiger partial charge is 0.495 e. The molecule has 1 aromatic heterocycles. The van der Waals surface area contributed by atoms with Gasteiger partial charge in [-0.25, -0.2) is 0 Å². The zero-order chi connectivity index (χ0) is 14.5. The van der Waals surface area contributed by atoms with Crippen LogP contribution in [-0.2, 0) is 0 Å². The highest BCUT2D eigenvalue weighted by Gasteiger charge is 2.14. The van der Waals surface area contributed by atoms with E-state index in [0.29, 0.717) is 17.0 Å². The van der Waals surface area contributed by atoms with E-state index >= 15 is 0 Å². The number of rotatable bonds is 4. The number of hydrogen-bond donors (Lipinski definition) is 2. The first-order chi connectivity index (χ1) is 9.65. The summed E-state index contributed by atoms with van der Waals surface area (Å²) >= 11 is 0. The summed E-state index contributed by atoms with van der Waals surface area (Å²) in [6, 6.07) is 7.93. The van der Waals surface area contributed by atoms with Gasteiger partial charge in [-0.1, -0.05) is 0 Å². The lowest BCUT2D eigenvalue weighted by Gasteiger charge is -2.11. The van der Waals surface area contributed by atoms with Crippen molar-refractivity contribution in [2.24, 2.45) is 0 Å². The third kappa shape index (κ3) is 2.80. The molecule has 2 rings (SSSR count). The summed E-state index contributed by atoms with van der Waals surface area (Å²) in [7, 11) is 3.02. The Kier molecular flexibility index (Phi) is 4.05. The van der Waals surface area contributed by atoms with Crippen molar-refractivity contribution in [1.82, 2.24) is 5.32 Å². The molecule has 2 N–H and O–H groups in total. The van der Waals surface area contributed by atoms with Gasteiger partial charge in [-0.2, -0.15) is 0 Å². The number of amides is 2. The van der Waals surface area contributed by atoms with E-state index in [2.05, 4.69) is 10.6 Å². The molecule has 20 heavy (non-hydrogen) atoms. The minimum absolute atomic E-state index is 0.178. The molecule has 0 saturated heterocycles. The molecule has 1 aromatic carbocycles. The van der Waals surface area contributed by atoms with Gasteiger partial charge in [0.25, 0.3) is 11.8 Å². The highest BCUT2D eigenvalue weighted by atomic mass is 16.5. The van der Waals surface area contributed by atoms with E-state index in [0.717, 1.165) is 0 Å². The first-order valence-electron chi connectivity index (χ1n) is 5.90. The Bertz CT molecular complexity index is 620. The van der Waals surface area contributed by atoms with Crippen LogP contribution >= 0.6 is 0 Å². The van der Waals surface area contributed by atoms with E-state index in [9.17, 15) is 9.59 Å². The minimum atomic E-state index is -0.414. The van der Waals surface area contributed by atoms with Crippen molar-refractivity contribution in [2.75, 3.05) is 19.5 Å². The van der Waals surface area contributed by atoms with Crippen molar-refractivity contribution < 1.29 is 18.7 Å². The molecule has 1 heterocycles. The molecule has 0 bridgehead atoms. The van der Waals surface area contributed by atoms with E-state index in [-0.39, 0.29) is 11.7 Å². The summed E-state index contributed by atoms with van der Waals surface area (Å²) in [4.78, 5) is 23.5. The zero-order valence-corrected chi connectivity index (χ0v) is 11.1. The number of carbonyl (C=O) groups is 2. The smallest absolute Gasteiger partial charge is 0.291 e. The number of benzene rings is 1. The average molecular weight is 274 g/mol. The van der Waals surface area contributed by atoms with Gasteiger partial charge in [0.05, 0.1) is 19.1 Å². The van der Waals surface area contributed by atoms with Gasteiger partial charge < -0.3 is 19.8 Å². The maximum atomic E-state index is 11.9. The van der Waals surface area contributed by atoms with E-state index < -0.39 is 5.91 Å². The minimum Gasteiger partial charge on any atom is -0.495 e. The van der Waals surface area contributed by atoms with Crippen molar-refractivity contribution in [3.05, 3.63) is 47.9 Å². The summed E-state index contributed by atoms with van der Waals surface area (Å²) in [6.07, 6.45) is 1.41. The summed E-state index contributed by atoms with van der Waals surface area (Å²) < 4.78 is 10.2. The first kappa shape index (κ1) is 13.7. The summed E-state index contributed by atoms with van der Waals surface area (Å²) in [5, 5.41) is 5.16. The molecular weight excluding hydrogens is 260 g/mol. The molecular formula is C14H14N2O4. The van der Waals surface area contributed by atoms with Crippen molar-refractivity contribution in [3.63, 3.8) is 0 Å². The third-order valence-corrected chi connectivity index (χ3v) is 2.68. The van der Waals surface area contributed by atoms with Crippen LogP contribution in [0.2, 0.25) is 0 Å². The van der Waals surface area contributed by atoms with Crippen LogP contribution in [0, 0.1) is 0 Å². The molecule has 104 valence electrons. The molecule has 0 aliphatic carbocycles. The quantitative estimate of drug-likeness (QED) is 0.892. The SMILES string of the molecule is CNC(=O)c1ccc(OC)c(NC(=O)c2ccco2)c1. The van der Waals surface area contributed by atoms with Crippen LogP contribution < -0.4 is 15.4 Å². The molecule has 0 spiro atoms. The van der Waals surface area contributed by atoms with Crippen LogP contribution in [0.4, 0.5) is 5.69 Å². The normalized spacial score (nSPS) is 9.90. The average Bonchev–Trinajstić information content (AvgIpc) is 3.00. The predicted octanol–water partition coefficient (Wildman–Crippen LogP) is 1.90. The Morgan fingerprint density at radius 1 is 1.20 bits per heavy atom. The second kappa shape index (κ2) is 5.92. The summed E-state index contributed by atoms with van der Waals surface area (Å²) in [6.45, 7) is 0. The second-order valence-electron chi connectivity index (χ2n) is 3.93. The molecule has 6 heteroatoms. The van der Waals surface area contributed by atoms with Gasteiger partial charge in [0.1, 0.15) is 5.75 Å². The molecule has 0 unspecified atom stereocenters. The van der Waals surface area contributed by atoms with Gasteiger partial charge in [0.15, 0.2) is 5.76 Å². The number of methoxy groups -OCH3 is 1. The van der Waals surface area contributed by atoms with Crippen LogP contribution in [0.15, 0.2) is 41.0 Å². The molecule has 0 fully saturated rings. The van der Waals surface area contributed by atoms with Crippen LogP contribution in [0.5, 0.6) is 5.75 Å². The standard InChI is InChI=1S/C14H14N2O4/c1-15-13(17)9-5-6-11(19-2)10(8-9)16-14(18)12-4-3-7-20-12/h3-8H,1-2H3,(H,15,17)(H,16,18). The third-order valence-electron chi connectivity index (χ3n) is 2.68. The monoisotopic (exact) mass is 274 g/mol.